The van der Waals surface area contributed by atoms with Gasteiger partial charge in [0.05, 0.1) is 12.6 Å². The van der Waals surface area contributed by atoms with Crippen LogP contribution in [0.3, 0.4) is 0 Å². The van der Waals surface area contributed by atoms with Crippen molar-refractivity contribution in [1.29, 1.82) is 0 Å². The fourth-order valence-corrected chi connectivity index (χ4v) is 5.52. The van der Waals surface area contributed by atoms with Crippen molar-refractivity contribution in [1.82, 2.24) is 10.2 Å². The van der Waals surface area contributed by atoms with E-state index in [0.29, 0.717) is 23.0 Å². The Morgan fingerprint density at radius 2 is 1.89 bits per heavy atom. The summed E-state index contributed by atoms with van der Waals surface area (Å²) in [5.41, 5.74) is 2.93. The first-order chi connectivity index (χ1) is 16.8. The number of thiophene rings is 1. The molecule has 6 nitrogen and oxygen atoms in total. The van der Waals surface area contributed by atoms with Crippen molar-refractivity contribution in [2.24, 2.45) is 0 Å². The topological polar surface area (TPSA) is 89.9 Å². The molecule has 1 fully saturated rings. The molecule has 2 heterocycles. The highest BCUT2D eigenvalue weighted by Crippen LogP contribution is 2.33. The average Bonchev–Trinajstić information content (AvgIpc) is 3.52. The molecule has 1 aliphatic heterocycles. The van der Waals surface area contributed by atoms with Crippen LogP contribution in [0.5, 0.6) is 0 Å². The molecule has 184 valence electrons. The molecule has 3 atom stereocenters. The summed E-state index contributed by atoms with van der Waals surface area (Å²) in [5.74, 6) is -1.47. The molecule has 0 spiro atoms. The molecule has 0 aliphatic carbocycles. The molecule has 4 rings (SSSR count). The Kier molecular flexibility index (Phi) is 8.46. The fourth-order valence-electron chi connectivity index (χ4n) is 4.29. The van der Waals surface area contributed by atoms with Gasteiger partial charge in [-0.1, -0.05) is 53.5 Å². The largest absolute Gasteiger partial charge is 0.380 e. The summed E-state index contributed by atoms with van der Waals surface area (Å²) in [6.45, 7) is 0.615. The number of carbonyl (C=O) groups is 2. The maximum atomic E-state index is 12.9. The highest BCUT2D eigenvalue weighted by molar-refractivity contribution is 7.10. The van der Waals surface area contributed by atoms with Gasteiger partial charge in [-0.2, -0.15) is 0 Å². The van der Waals surface area contributed by atoms with Crippen LogP contribution < -0.4 is 5.32 Å². The number of likely N-dealkylation sites (tertiary alicyclic amines) is 1. The van der Waals surface area contributed by atoms with Crippen LogP contribution >= 0.6 is 34.5 Å². The Labute approximate surface area is 218 Å². The van der Waals surface area contributed by atoms with E-state index in [0.717, 1.165) is 34.4 Å². The third-order valence-electron chi connectivity index (χ3n) is 6.09. The van der Waals surface area contributed by atoms with Gasteiger partial charge in [-0.3, -0.25) is 9.59 Å². The molecule has 9 heteroatoms. The fraction of sp³-hybridized carbons (Fsp3) is 0.308. The Morgan fingerprint density at radius 3 is 2.66 bits per heavy atom. The lowest BCUT2D eigenvalue weighted by Crippen LogP contribution is -2.50. The van der Waals surface area contributed by atoms with Crippen molar-refractivity contribution < 1.29 is 19.8 Å². The van der Waals surface area contributed by atoms with Crippen LogP contribution in [0.25, 0.3) is 0 Å². The van der Waals surface area contributed by atoms with E-state index in [1.807, 2.05) is 47.8 Å². The van der Waals surface area contributed by atoms with Crippen molar-refractivity contribution in [3.8, 4) is 0 Å². The number of hydrogen-bond donors (Lipinski definition) is 3. The number of aliphatic hydroxyl groups excluding tert-OH is 2. The molecule has 2 aromatic carbocycles. The molecule has 3 N–H and O–H groups in total. The van der Waals surface area contributed by atoms with Crippen molar-refractivity contribution in [2.75, 3.05) is 6.54 Å². The molecular formula is C26H26Cl2N2O4S. The first-order valence-corrected chi connectivity index (χ1v) is 13.0. The minimum Gasteiger partial charge on any atom is -0.380 e. The first kappa shape index (κ1) is 25.7. The Hall–Kier alpha value is -2.42. The first-order valence-electron chi connectivity index (χ1n) is 11.3. The molecule has 3 aromatic rings. The van der Waals surface area contributed by atoms with Crippen molar-refractivity contribution in [3.05, 3.63) is 91.6 Å². The lowest BCUT2D eigenvalue weighted by molar-refractivity contribution is -0.153. The van der Waals surface area contributed by atoms with Gasteiger partial charge in [-0.05, 0) is 65.6 Å². The maximum absolute atomic E-state index is 12.9. The van der Waals surface area contributed by atoms with E-state index in [9.17, 15) is 19.8 Å². The smallest absolute Gasteiger partial charge is 0.255 e. The number of nitrogens with one attached hydrogen (secondary N) is 1. The number of aliphatic hydroxyl groups is 2. The third-order valence-corrected chi connectivity index (χ3v) is 7.68. The van der Waals surface area contributed by atoms with E-state index in [-0.39, 0.29) is 12.6 Å². The quantitative estimate of drug-likeness (QED) is 0.402. The van der Waals surface area contributed by atoms with Crippen LogP contribution in [0, 0.1) is 0 Å². The zero-order valence-electron chi connectivity index (χ0n) is 18.9. The van der Waals surface area contributed by atoms with Gasteiger partial charge in [0.25, 0.3) is 11.8 Å². The Morgan fingerprint density at radius 1 is 1.09 bits per heavy atom. The van der Waals surface area contributed by atoms with Crippen molar-refractivity contribution >= 4 is 46.4 Å². The second-order valence-electron chi connectivity index (χ2n) is 8.54. The van der Waals surface area contributed by atoms with Gasteiger partial charge in [0, 0.05) is 21.5 Å². The standard InChI is InChI=1S/C26H26Cl2N2O4S/c27-19-7-3-6-18(13-19)22-9-4-10-30(22)26(34)24(32)23(31)25(33)29-14-20-12-16(15-35-20)11-17-5-1-2-8-21(17)28/h1-3,5-8,12-13,15,22-24,31-32H,4,9-11,14H2,(H,29,33)/t22-,23-,24-/m1/s1. The summed E-state index contributed by atoms with van der Waals surface area (Å²) in [6.07, 6.45) is -1.58. The predicted octanol–water partition coefficient (Wildman–Crippen LogP) is 4.35. The van der Waals surface area contributed by atoms with Crippen LogP contribution in [0.15, 0.2) is 60.0 Å². The number of rotatable bonds is 8. The average molecular weight is 533 g/mol. The van der Waals surface area contributed by atoms with E-state index in [2.05, 4.69) is 5.32 Å². The summed E-state index contributed by atoms with van der Waals surface area (Å²) in [7, 11) is 0. The van der Waals surface area contributed by atoms with Gasteiger partial charge in [0.2, 0.25) is 0 Å². The van der Waals surface area contributed by atoms with E-state index in [4.69, 9.17) is 23.2 Å². The summed E-state index contributed by atoms with van der Waals surface area (Å²) < 4.78 is 0. The molecular weight excluding hydrogens is 507 g/mol. The highest BCUT2D eigenvalue weighted by atomic mass is 35.5. The number of carbonyl (C=O) groups excluding carboxylic acids is 2. The number of amides is 2. The molecule has 0 unspecified atom stereocenters. The zero-order chi connectivity index (χ0) is 24.9. The van der Waals surface area contributed by atoms with Crippen LogP contribution in [-0.2, 0) is 22.6 Å². The summed E-state index contributed by atoms with van der Waals surface area (Å²) in [5, 5.41) is 26.7. The van der Waals surface area contributed by atoms with E-state index >= 15 is 0 Å². The molecule has 0 bridgehead atoms. The van der Waals surface area contributed by atoms with Crippen LogP contribution in [0.4, 0.5) is 0 Å². The van der Waals surface area contributed by atoms with Gasteiger partial charge < -0.3 is 20.4 Å². The highest BCUT2D eigenvalue weighted by Gasteiger charge is 2.38. The van der Waals surface area contributed by atoms with Gasteiger partial charge >= 0.3 is 0 Å². The Balaban J connectivity index is 1.32. The van der Waals surface area contributed by atoms with Gasteiger partial charge in [-0.25, -0.2) is 0 Å². The lowest BCUT2D eigenvalue weighted by Gasteiger charge is -2.28. The summed E-state index contributed by atoms with van der Waals surface area (Å²) in [6, 6.07) is 16.5. The summed E-state index contributed by atoms with van der Waals surface area (Å²) >= 11 is 13.8. The number of nitrogens with zero attached hydrogens (tertiary/aromatic N) is 1. The van der Waals surface area contributed by atoms with Crippen LogP contribution in [0.1, 0.15) is 40.5 Å². The van der Waals surface area contributed by atoms with E-state index in [1.54, 1.807) is 12.1 Å². The van der Waals surface area contributed by atoms with E-state index < -0.39 is 24.0 Å². The normalized spacial score (nSPS) is 17.3. The van der Waals surface area contributed by atoms with E-state index in [1.165, 1.54) is 16.2 Å². The Bertz CT molecular complexity index is 1200. The molecule has 1 saturated heterocycles. The molecule has 2 amide bonds. The SMILES string of the molecule is O=C(NCc1cc(Cc2ccccc2Cl)cs1)[C@H](O)[C@@H](O)C(=O)N1CCC[C@@H]1c1cccc(Cl)c1. The van der Waals surface area contributed by atoms with Crippen molar-refractivity contribution in [3.63, 3.8) is 0 Å². The molecule has 35 heavy (non-hydrogen) atoms. The number of benzene rings is 2. The minimum absolute atomic E-state index is 0.179. The molecule has 1 aliphatic rings. The van der Waals surface area contributed by atoms with Gasteiger partial charge in [0.1, 0.15) is 0 Å². The van der Waals surface area contributed by atoms with Crippen LogP contribution in [-0.4, -0.2) is 45.7 Å². The molecule has 0 saturated carbocycles. The number of hydrogen-bond acceptors (Lipinski definition) is 5. The molecule has 1 aromatic heterocycles. The van der Waals surface area contributed by atoms with Crippen LogP contribution in [0.2, 0.25) is 10.0 Å². The van der Waals surface area contributed by atoms with Crippen molar-refractivity contribution in [2.45, 2.75) is 44.1 Å². The van der Waals surface area contributed by atoms with Gasteiger partial charge in [-0.15, -0.1) is 11.3 Å². The molecule has 0 radical (unpaired) electrons. The monoisotopic (exact) mass is 532 g/mol. The third kappa shape index (κ3) is 6.23. The van der Waals surface area contributed by atoms with Gasteiger partial charge in [0.15, 0.2) is 12.2 Å². The lowest BCUT2D eigenvalue weighted by atomic mass is 10.0. The second kappa shape index (κ2) is 11.5. The summed E-state index contributed by atoms with van der Waals surface area (Å²) in [4.78, 5) is 27.8. The second-order valence-corrected chi connectivity index (χ2v) is 10.4. The predicted molar refractivity (Wildman–Crippen MR) is 138 cm³/mol. The zero-order valence-corrected chi connectivity index (χ0v) is 21.2. The maximum Gasteiger partial charge on any atom is 0.255 e. The minimum atomic E-state index is -1.87. The number of halogens is 2.